The first-order chi connectivity index (χ1) is 17.0. The first kappa shape index (κ1) is 26.3. The number of hydrogen-bond donors (Lipinski definition) is 0. The zero-order chi connectivity index (χ0) is 25.2. The Bertz CT molecular complexity index is 1050. The van der Waals surface area contributed by atoms with Gasteiger partial charge in [0.25, 0.3) is 0 Å². The van der Waals surface area contributed by atoms with Gasteiger partial charge >= 0.3 is 21.2 Å². The first-order valence-electron chi connectivity index (χ1n) is 11.7. The third-order valence-electron chi connectivity index (χ3n) is 5.40. The molecule has 0 fully saturated rings. The largest absolute Gasteiger partial charge is 0.464 e. The minimum atomic E-state index is -2.37. The fourth-order valence-corrected chi connectivity index (χ4v) is 5.29. The molecule has 0 aromatic heterocycles. The minimum Gasteiger partial charge on any atom is -0.464 e. The van der Waals surface area contributed by atoms with Crippen molar-refractivity contribution in [3.63, 3.8) is 0 Å². The molecule has 1 radical (unpaired) electrons. The Hall–Kier alpha value is -3.26. The van der Waals surface area contributed by atoms with E-state index in [1.807, 2.05) is 92.7 Å². The van der Waals surface area contributed by atoms with Crippen LogP contribution in [-0.2, 0) is 27.9 Å². The van der Waals surface area contributed by atoms with Crippen LogP contribution < -0.4 is 5.19 Å². The molecule has 0 spiro atoms. The topological polar surface area (TPSA) is 71.1 Å². The number of esters is 2. The second kappa shape index (κ2) is 13.0. The average molecular weight is 492 g/mol. The van der Waals surface area contributed by atoms with Crippen LogP contribution >= 0.6 is 0 Å². The van der Waals surface area contributed by atoms with Crippen molar-refractivity contribution in [1.29, 1.82) is 0 Å². The molecule has 0 aliphatic rings. The first-order valence-corrected chi connectivity index (χ1v) is 13.0. The molecule has 2 unspecified atom stereocenters. The molecule has 6 nitrogen and oxygen atoms in total. The van der Waals surface area contributed by atoms with E-state index in [-0.39, 0.29) is 13.2 Å². The van der Waals surface area contributed by atoms with E-state index in [2.05, 4.69) is 0 Å². The molecule has 2 atom stereocenters. The second-order valence-corrected chi connectivity index (χ2v) is 9.49. The SMILES string of the molecule is CCOC(=O)C(O[Si](OC(C(=O)OCC)c1ccccc1C)c1ccccc1)c1ccccc1C. The Morgan fingerprint density at radius 3 is 1.46 bits per heavy atom. The molecule has 0 heterocycles. The summed E-state index contributed by atoms with van der Waals surface area (Å²) in [5.74, 6) is -1.01. The Balaban J connectivity index is 2.04. The minimum absolute atomic E-state index is 0.216. The quantitative estimate of drug-likeness (QED) is 0.287. The maximum atomic E-state index is 13.0. The van der Waals surface area contributed by atoms with E-state index in [9.17, 15) is 9.59 Å². The molecule has 0 saturated carbocycles. The molecule has 0 saturated heterocycles. The van der Waals surface area contributed by atoms with Crippen molar-refractivity contribution in [1.82, 2.24) is 0 Å². The van der Waals surface area contributed by atoms with Crippen molar-refractivity contribution in [3.8, 4) is 0 Å². The number of carbonyl (C=O) groups is 2. The molecule has 0 aliphatic carbocycles. The molecule has 3 aromatic rings. The molecular formula is C28H31O6Si. The van der Waals surface area contributed by atoms with Crippen LogP contribution in [-0.4, -0.2) is 34.4 Å². The molecule has 3 aromatic carbocycles. The molecule has 0 amide bonds. The Morgan fingerprint density at radius 1 is 0.657 bits per heavy atom. The van der Waals surface area contributed by atoms with E-state index in [0.29, 0.717) is 11.1 Å². The van der Waals surface area contributed by atoms with E-state index < -0.39 is 33.4 Å². The molecule has 3 rings (SSSR count). The van der Waals surface area contributed by atoms with Crippen LogP contribution in [0.5, 0.6) is 0 Å². The number of aryl methyl sites for hydroxylation is 2. The monoisotopic (exact) mass is 491 g/mol. The molecule has 183 valence electrons. The maximum Gasteiger partial charge on any atom is 0.425 e. The summed E-state index contributed by atoms with van der Waals surface area (Å²) in [6, 6.07) is 24.4. The van der Waals surface area contributed by atoms with Gasteiger partial charge in [0.05, 0.1) is 13.2 Å². The number of benzene rings is 3. The molecule has 0 N–H and O–H groups in total. The van der Waals surface area contributed by atoms with Crippen molar-refractivity contribution < 1.29 is 27.9 Å². The molecular weight excluding hydrogens is 460 g/mol. The summed E-state index contributed by atoms with van der Waals surface area (Å²) in [6.45, 7) is 7.76. The Kier molecular flexibility index (Phi) is 9.78. The third-order valence-corrected chi connectivity index (χ3v) is 7.11. The van der Waals surface area contributed by atoms with E-state index in [1.165, 1.54) is 0 Å². The zero-order valence-electron chi connectivity index (χ0n) is 20.5. The maximum absolute atomic E-state index is 13.0. The van der Waals surface area contributed by atoms with E-state index in [0.717, 1.165) is 16.3 Å². The second-order valence-electron chi connectivity index (χ2n) is 7.87. The van der Waals surface area contributed by atoms with Gasteiger partial charge in [-0.15, -0.1) is 0 Å². The number of rotatable bonds is 11. The lowest BCUT2D eigenvalue weighted by Crippen LogP contribution is -2.42. The number of ether oxygens (including phenoxy) is 2. The van der Waals surface area contributed by atoms with Crippen molar-refractivity contribution in [2.45, 2.75) is 39.9 Å². The van der Waals surface area contributed by atoms with Gasteiger partial charge in [-0.1, -0.05) is 78.9 Å². The third kappa shape index (κ3) is 6.88. The van der Waals surface area contributed by atoms with Crippen LogP contribution in [0.3, 0.4) is 0 Å². The van der Waals surface area contributed by atoms with Crippen molar-refractivity contribution in [2.24, 2.45) is 0 Å². The van der Waals surface area contributed by atoms with Crippen LogP contribution in [0.2, 0.25) is 0 Å². The van der Waals surface area contributed by atoms with Crippen LogP contribution in [0.15, 0.2) is 78.9 Å². The molecule has 35 heavy (non-hydrogen) atoms. The molecule has 0 aliphatic heterocycles. The van der Waals surface area contributed by atoms with Gasteiger partial charge in [-0.25, -0.2) is 9.59 Å². The summed E-state index contributed by atoms with van der Waals surface area (Å²) in [5, 5.41) is 0.753. The summed E-state index contributed by atoms with van der Waals surface area (Å²) in [6.07, 6.45) is -2.02. The predicted octanol–water partition coefficient (Wildman–Crippen LogP) is 4.64. The number of carbonyl (C=O) groups excluding carboxylic acids is 2. The van der Waals surface area contributed by atoms with Crippen LogP contribution in [0, 0.1) is 13.8 Å². The van der Waals surface area contributed by atoms with Crippen LogP contribution in [0.1, 0.15) is 48.3 Å². The van der Waals surface area contributed by atoms with Gasteiger partial charge in [-0.2, -0.15) is 0 Å². The lowest BCUT2D eigenvalue weighted by molar-refractivity contribution is -0.155. The van der Waals surface area contributed by atoms with E-state index >= 15 is 0 Å². The standard InChI is InChI=1S/C28H31O6Si/c1-5-31-27(29)25(23-18-12-10-14-20(23)3)33-35(22-16-8-7-9-17-22)34-26(28(30)32-6-2)24-19-13-11-15-21(24)4/h7-19,25-26H,5-6H2,1-4H3. The predicted molar refractivity (Wildman–Crippen MR) is 135 cm³/mol. The average Bonchev–Trinajstić information content (AvgIpc) is 2.86. The van der Waals surface area contributed by atoms with Crippen molar-refractivity contribution >= 4 is 26.4 Å². The highest BCUT2D eigenvalue weighted by molar-refractivity contribution is 6.61. The lowest BCUT2D eigenvalue weighted by atomic mass is 10.0. The summed E-state index contributed by atoms with van der Waals surface area (Å²) in [5.41, 5.74) is 3.16. The summed E-state index contributed by atoms with van der Waals surface area (Å²) in [4.78, 5) is 26.1. The van der Waals surface area contributed by atoms with Gasteiger partial charge in [0.2, 0.25) is 0 Å². The van der Waals surface area contributed by atoms with Gasteiger partial charge in [0.1, 0.15) is 0 Å². The summed E-state index contributed by atoms with van der Waals surface area (Å²) in [7, 11) is -2.37. The molecule has 7 heteroatoms. The normalized spacial score (nSPS) is 12.7. The smallest absolute Gasteiger partial charge is 0.425 e. The van der Waals surface area contributed by atoms with Gasteiger partial charge in [0.15, 0.2) is 12.2 Å². The Morgan fingerprint density at radius 2 is 1.06 bits per heavy atom. The summed E-state index contributed by atoms with van der Waals surface area (Å²) < 4.78 is 23.6. The zero-order valence-corrected chi connectivity index (χ0v) is 21.5. The fourth-order valence-electron chi connectivity index (χ4n) is 3.63. The van der Waals surface area contributed by atoms with Gasteiger partial charge in [-0.05, 0) is 55.1 Å². The van der Waals surface area contributed by atoms with E-state index in [1.54, 1.807) is 13.8 Å². The van der Waals surface area contributed by atoms with Gasteiger partial charge < -0.3 is 18.3 Å². The van der Waals surface area contributed by atoms with Crippen molar-refractivity contribution in [3.05, 3.63) is 101 Å². The highest BCUT2D eigenvalue weighted by Gasteiger charge is 2.36. The fraction of sp³-hybridized carbons (Fsp3) is 0.286. The summed E-state index contributed by atoms with van der Waals surface area (Å²) >= 11 is 0. The highest BCUT2D eigenvalue weighted by atomic mass is 28.3. The molecule has 0 bridgehead atoms. The number of hydrogen-bond acceptors (Lipinski definition) is 6. The van der Waals surface area contributed by atoms with E-state index in [4.69, 9.17) is 18.3 Å². The lowest BCUT2D eigenvalue weighted by Gasteiger charge is -2.27. The van der Waals surface area contributed by atoms with Crippen LogP contribution in [0.4, 0.5) is 0 Å². The van der Waals surface area contributed by atoms with Crippen molar-refractivity contribution in [2.75, 3.05) is 13.2 Å². The highest BCUT2D eigenvalue weighted by Crippen LogP contribution is 2.28. The van der Waals surface area contributed by atoms with Gasteiger partial charge in [-0.3, -0.25) is 0 Å². The Labute approximate surface area is 208 Å². The van der Waals surface area contributed by atoms with Gasteiger partial charge in [0, 0.05) is 0 Å². The van der Waals surface area contributed by atoms with Crippen LogP contribution in [0.25, 0.3) is 0 Å².